The molecule has 0 aromatic carbocycles. The van der Waals surface area contributed by atoms with Gasteiger partial charge in [0.1, 0.15) is 12.1 Å². The molecular weight excluding hydrogens is 316 g/mol. The van der Waals surface area contributed by atoms with Gasteiger partial charge >= 0.3 is 0 Å². The monoisotopic (exact) mass is 324 g/mol. The van der Waals surface area contributed by atoms with Crippen LogP contribution in [0.4, 0.5) is 5.13 Å². The van der Waals surface area contributed by atoms with E-state index in [4.69, 9.17) is 12.2 Å². The van der Waals surface area contributed by atoms with Crippen molar-refractivity contribution in [3.8, 4) is 10.7 Å². The Kier molecular flexibility index (Phi) is 3.67. The van der Waals surface area contributed by atoms with E-state index in [2.05, 4.69) is 25.7 Å². The molecule has 102 valence electrons. The molecule has 20 heavy (non-hydrogen) atoms. The standard InChI is InChI=1S/C10H8N6OS3/c17-7(12-9-14-11-5-20-9)4-16-8(13-15-10(16)18)6-2-1-3-19-6/h1-3,5H,4H2,(H,15,18)(H,12,14,17). The van der Waals surface area contributed by atoms with Gasteiger partial charge in [-0.3, -0.25) is 19.8 Å². The van der Waals surface area contributed by atoms with Gasteiger partial charge in [0.25, 0.3) is 0 Å². The van der Waals surface area contributed by atoms with Crippen LogP contribution in [0.1, 0.15) is 0 Å². The van der Waals surface area contributed by atoms with Crippen LogP contribution in [0, 0.1) is 4.77 Å². The molecule has 0 spiro atoms. The van der Waals surface area contributed by atoms with E-state index in [9.17, 15) is 4.79 Å². The van der Waals surface area contributed by atoms with Gasteiger partial charge in [0.15, 0.2) is 10.6 Å². The van der Waals surface area contributed by atoms with Crippen LogP contribution in [-0.2, 0) is 11.3 Å². The van der Waals surface area contributed by atoms with Gasteiger partial charge in [-0.25, -0.2) is 0 Å². The Hall–Kier alpha value is -1.91. The van der Waals surface area contributed by atoms with Gasteiger partial charge in [-0.05, 0) is 23.7 Å². The van der Waals surface area contributed by atoms with E-state index >= 15 is 0 Å². The van der Waals surface area contributed by atoms with E-state index in [0.29, 0.717) is 15.7 Å². The Morgan fingerprint density at radius 2 is 2.40 bits per heavy atom. The van der Waals surface area contributed by atoms with Gasteiger partial charge in [-0.1, -0.05) is 17.4 Å². The Bertz CT molecular complexity index is 757. The van der Waals surface area contributed by atoms with Crippen LogP contribution < -0.4 is 5.32 Å². The first kappa shape index (κ1) is 13.1. The average molecular weight is 324 g/mol. The molecule has 3 aromatic heterocycles. The fourth-order valence-electron chi connectivity index (χ4n) is 1.59. The van der Waals surface area contributed by atoms with Crippen molar-refractivity contribution >= 4 is 45.9 Å². The zero-order valence-corrected chi connectivity index (χ0v) is 12.4. The molecule has 0 bridgehead atoms. The molecule has 2 N–H and O–H groups in total. The number of carbonyl (C=O) groups excluding carboxylic acids is 1. The highest BCUT2D eigenvalue weighted by atomic mass is 32.1. The second-order valence-electron chi connectivity index (χ2n) is 3.71. The smallest absolute Gasteiger partial charge is 0.246 e. The van der Waals surface area contributed by atoms with E-state index in [1.54, 1.807) is 10.1 Å². The lowest BCUT2D eigenvalue weighted by atomic mass is 10.4. The molecule has 7 nitrogen and oxygen atoms in total. The molecule has 3 aromatic rings. The molecule has 3 heterocycles. The van der Waals surface area contributed by atoms with Crippen molar-refractivity contribution in [2.45, 2.75) is 6.54 Å². The second kappa shape index (κ2) is 5.61. The number of nitrogens with one attached hydrogen (secondary N) is 2. The summed E-state index contributed by atoms with van der Waals surface area (Å²) in [4.78, 5) is 12.9. The molecule has 1 amide bonds. The van der Waals surface area contributed by atoms with Crippen molar-refractivity contribution in [2.24, 2.45) is 0 Å². The lowest BCUT2D eigenvalue weighted by molar-refractivity contribution is -0.116. The summed E-state index contributed by atoms with van der Waals surface area (Å²) < 4.78 is 2.05. The molecule has 0 atom stereocenters. The van der Waals surface area contributed by atoms with E-state index in [0.717, 1.165) is 4.88 Å². The molecule has 0 aliphatic heterocycles. The largest absolute Gasteiger partial charge is 0.299 e. The van der Waals surface area contributed by atoms with Gasteiger partial charge in [-0.2, -0.15) is 5.10 Å². The van der Waals surface area contributed by atoms with Crippen molar-refractivity contribution in [1.29, 1.82) is 0 Å². The molecule has 0 saturated heterocycles. The maximum absolute atomic E-state index is 12.0. The number of aromatic amines is 1. The van der Waals surface area contributed by atoms with Gasteiger partial charge in [0.2, 0.25) is 11.0 Å². The lowest BCUT2D eigenvalue weighted by Crippen LogP contribution is -2.19. The predicted molar refractivity (Wildman–Crippen MR) is 79.3 cm³/mol. The SMILES string of the molecule is O=C(Cn1c(-c2cccs2)n[nH]c1=S)Nc1nncs1. The maximum atomic E-state index is 12.0. The zero-order chi connectivity index (χ0) is 13.9. The summed E-state index contributed by atoms with van der Waals surface area (Å²) in [6, 6.07) is 3.85. The third kappa shape index (κ3) is 2.66. The molecule has 0 saturated carbocycles. The van der Waals surface area contributed by atoms with Crippen LogP contribution >= 0.6 is 34.9 Å². The highest BCUT2D eigenvalue weighted by molar-refractivity contribution is 7.71. The number of hydrogen-bond donors (Lipinski definition) is 2. The topological polar surface area (TPSA) is 88.5 Å². The summed E-state index contributed by atoms with van der Waals surface area (Å²) in [6.45, 7) is 0.0716. The van der Waals surface area contributed by atoms with Crippen LogP contribution in [0.25, 0.3) is 10.7 Å². The summed E-state index contributed by atoms with van der Waals surface area (Å²) in [6.07, 6.45) is 0. The predicted octanol–water partition coefficient (Wildman–Crippen LogP) is 2.16. The number of amides is 1. The van der Waals surface area contributed by atoms with Crippen LogP contribution in [0.5, 0.6) is 0 Å². The van der Waals surface area contributed by atoms with Crippen LogP contribution in [-0.4, -0.2) is 30.9 Å². The number of thiophene rings is 1. The minimum atomic E-state index is -0.225. The highest BCUT2D eigenvalue weighted by Gasteiger charge is 2.13. The van der Waals surface area contributed by atoms with Crippen molar-refractivity contribution in [3.63, 3.8) is 0 Å². The number of anilines is 1. The Labute approximate surface area is 126 Å². The number of rotatable bonds is 4. The maximum Gasteiger partial charge on any atom is 0.246 e. The molecule has 0 fully saturated rings. The second-order valence-corrected chi connectivity index (χ2v) is 5.88. The summed E-state index contributed by atoms with van der Waals surface area (Å²) in [5, 5.41) is 19.3. The third-order valence-electron chi connectivity index (χ3n) is 2.41. The molecule has 10 heteroatoms. The van der Waals surface area contributed by atoms with Gasteiger partial charge in [0, 0.05) is 0 Å². The molecule has 3 rings (SSSR count). The normalized spacial score (nSPS) is 10.6. The third-order valence-corrected chi connectivity index (χ3v) is 4.19. The fraction of sp³-hybridized carbons (Fsp3) is 0.100. The summed E-state index contributed by atoms with van der Waals surface area (Å²) in [7, 11) is 0. The number of hydrogen-bond acceptors (Lipinski definition) is 7. The first-order chi connectivity index (χ1) is 9.74. The molecular formula is C10H8N6OS3. The minimum Gasteiger partial charge on any atom is -0.299 e. The molecule has 0 radical (unpaired) electrons. The van der Waals surface area contributed by atoms with E-state index in [1.807, 2.05) is 17.5 Å². The fourth-order valence-corrected chi connectivity index (χ4v) is 2.97. The first-order valence-electron chi connectivity index (χ1n) is 5.49. The highest BCUT2D eigenvalue weighted by Crippen LogP contribution is 2.22. The van der Waals surface area contributed by atoms with E-state index in [1.165, 1.54) is 22.7 Å². The van der Waals surface area contributed by atoms with Crippen molar-refractivity contribution in [1.82, 2.24) is 25.0 Å². The first-order valence-corrected chi connectivity index (χ1v) is 7.66. The molecule has 0 aliphatic carbocycles. The van der Waals surface area contributed by atoms with Gasteiger partial charge < -0.3 is 0 Å². The Morgan fingerprint density at radius 1 is 1.50 bits per heavy atom. The average Bonchev–Trinajstić information content (AvgIpc) is 3.13. The van der Waals surface area contributed by atoms with Gasteiger partial charge in [-0.15, -0.1) is 21.5 Å². The van der Waals surface area contributed by atoms with E-state index < -0.39 is 0 Å². The molecule has 0 unspecified atom stereocenters. The van der Waals surface area contributed by atoms with Gasteiger partial charge in [0.05, 0.1) is 4.88 Å². The number of aromatic nitrogens is 5. The summed E-state index contributed by atoms with van der Waals surface area (Å²) >= 11 is 7.95. The van der Waals surface area contributed by atoms with E-state index in [-0.39, 0.29) is 12.5 Å². The zero-order valence-electron chi connectivity index (χ0n) is 9.94. The molecule has 0 aliphatic rings. The van der Waals surface area contributed by atoms with Crippen LogP contribution in [0.2, 0.25) is 0 Å². The number of H-pyrrole nitrogens is 1. The van der Waals surface area contributed by atoms with Crippen molar-refractivity contribution < 1.29 is 4.79 Å². The lowest BCUT2D eigenvalue weighted by Gasteiger charge is -2.04. The number of nitrogens with zero attached hydrogens (tertiary/aromatic N) is 4. The Balaban J connectivity index is 1.82. The quantitative estimate of drug-likeness (QED) is 0.718. The van der Waals surface area contributed by atoms with Crippen molar-refractivity contribution in [2.75, 3.05) is 5.32 Å². The summed E-state index contributed by atoms with van der Waals surface area (Å²) in [5.74, 6) is 0.425. The Morgan fingerprint density at radius 3 is 3.10 bits per heavy atom. The van der Waals surface area contributed by atoms with Crippen molar-refractivity contribution in [3.05, 3.63) is 27.8 Å². The summed E-state index contributed by atoms with van der Waals surface area (Å²) in [5.41, 5.74) is 1.55. The number of carbonyl (C=O) groups is 1. The van der Waals surface area contributed by atoms with Crippen LogP contribution in [0.15, 0.2) is 23.0 Å². The minimum absolute atomic E-state index is 0.0716. The van der Waals surface area contributed by atoms with Crippen LogP contribution in [0.3, 0.4) is 0 Å².